The number of nitrogens with zero attached hydrogens (tertiary/aromatic N) is 1. The van der Waals surface area contributed by atoms with E-state index < -0.39 is 24.6 Å². The third kappa shape index (κ3) is 4.58. The number of fused-ring (bicyclic) bond motifs is 1. The molecule has 0 bridgehead atoms. The van der Waals surface area contributed by atoms with Crippen molar-refractivity contribution in [2.24, 2.45) is 5.73 Å². The van der Waals surface area contributed by atoms with Gasteiger partial charge in [-0.05, 0) is 41.5 Å². The van der Waals surface area contributed by atoms with E-state index in [4.69, 9.17) is 27.2 Å². The number of carbonyl (C=O) groups excluding carboxylic acids is 1. The molecule has 156 valence electrons. The summed E-state index contributed by atoms with van der Waals surface area (Å²) < 4.78 is 5.63. The van der Waals surface area contributed by atoms with E-state index in [1.807, 2.05) is 24.3 Å². The molecule has 4 rings (SSSR count). The SMILES string of the molecule is NC(=O)c1ccc2nc(-c3ccc(C(OCC(=O)O)c4ccc(Cl)cc4)cc3)[nH]c2c1. The standard InChI is InChI=1S/C23H18ClN3O4/c24-17-8-5-14(6-9-17)21(31-12-20(28)29)13-1-3-15(4-2-13)23-26-18-10-7-16(22(25)30)11-19(18)27-23/h1-11,21H,12H2,(H2,25,30)(H,26,27)(H,28,29). The zero-order valence-corrected chi connectivity index (χ0v) is 17.0. The highest BCUT2D eigenvalue weighted by Gasteiger charge is 2.17. The van der Waals surface area contributed by atoms with E-state index in [-0.39, 0.29) is 0 Å². The maximum atomic E-state index is 11.4. The minimum absolute atomic E-state index is 0.402. The minimum atomic E-state index is -1.05. The Morgan fingerprint density at radius 2 is 1.68 bits per heavy atom. The lowest BCUT2D eigenvalue weighted by atomic mass is 10.00. The van der Waals surface area contributed by atoms with Gasteiger partial charge in [0.15, 0.2) is 0 Å². The van der Waals surface area contributed by atoms with E-state index >= 15 is 0 Å². The van der Waals surface area contributed by atoms with Gasteiger partial charge in [-0.25, -0.2) is 9.78 Å². The van der Waals surface area contributed by atoms with Crippen LogP contribution in [0.4, 0.5) is 0 Å². The number of halogens is 1. The highest BCUT2D eigenvalue weighted by molar-refractivity contribution is 6.30. The van der Waals surface area contributed by atoms with E-state index in [9.17, 15) is 9.59 Å². The Hall–Kier alpha value is -3.68. The van der Waals surface area contributed by atoms with Crippen LogP contribution in [0.25, 0.3) is 22.4 Å². The van der Waals surface area contributed by atoms with Crippen molar-refractivity contribution >= 4 is 34.5 Å². The van der Waals surface area contributed by atoms with Crippen LogP contribution in [0.15, 0.2) is 66.7 Å². The fourth-order valence-corrected chi connectivity index (χ4v) is 3.42. The number of carboxylic acid groups (broad SMARTS) is 1. The summed E-state index contributed by atoms with van der Waals surface area (Å²) in [5, 5.41) is 9.61. The van der Waals surface area contributed by atoms with Gasteiger partial charge in [0.05, 0.1) is 11.0 Å². The van der Waals surface area contributed by atoms with Crippen LogP contribution >= 0.6 is 11.6 Å². The third-order valence-corrected chi connectivity index (χ3v) is 5.05. The molecule has 0 saturated heterocycles. The van der Waals surface area contributed by atoms with Crippen molar-refractivity contribution in [2.45, 2.75) is 6.10 Å². The number of aliphatic carboxylic acids is 1. The number of carbonyl (C=O) groups is 2. The maximum Gasteiger partial charge on any atom is 0.329 e. The molecule has 31 heavy (non-hydrogen) atoms. The van der Waals surface area contributed by atoms with Gasteiger partial charge in [-0.15, -0.1) is 0 Å². The number of nitrogens with one attached hydrogen (secondary N) is 1. The fraction of sp³-hybridized carbons (Fsp3) is 0.0870. The monoisotopic (exact) mass is 435 g/mol. The van der Waals surface area contributed by atoms with Gasteiger partial charge in [-0.1, -0.05) is 48.0 Å². The molecule has 0 fully saturated rings. The number of aromatic nitrogens is 2. The lowest BCUT2D eigenvalue weighted by Gasteiger charge is -2.18. The summed E-state index contributed by atoms with van der Waals surface area (Å²) >= 11 is 5.97. The minimum Gasteiger partial charge on any atom is -0.480 e. The Morgan fingerprint density at radius 1 is 1.03 bits per heavy atom. The first-order chi connectivity index (χ1) is 14.9. The Kier molecular flexibility index (Phi) is 5.70. The van der Waals surface area contributed by atoms with Gasteiger partial charge in [0.25, 0.3) is 0 Å². The van der Waals surface area contributed by atoms with Crippen molar-refractivity contribution in [3.8, 4) is 11.4 Å². The molecule has 4 N–H and O–H groups in total. The second kappa shape index (κ2) is 8.59. The van der Waals surface area contributed by atoms with E-state index in [2.05, 4.69) is 9.97 Å². The number of benzene rings is 3. The van der Waals surface area contributed by atoms with Gasteiger partial charge < -0.3 is 20.6 Å². The summed E-state index contributed by atoms with van der Waals surface area (Å²) in [6, 6.07) is 19.6. The molecule has 3 aromatic carbocycles. The molecular formula is C23H18ClN3O4. The Morgan fingerprint density at radius 3 is 2.29 bits per heavy atom. The van der Waals surface area contributed by atoms with Gasteiger partial charge in [0.2, 0.25) is 5.91 Å². The summed E-state index contributed by atoms with van der Waals surface area (Å²) in [6.45, 7) is -0.430. The molecule has 8 heteroatoms. The third-order valence-electron chi connectivity index (χ3n) is 4.80. The van der Waals surface area contributed by atoms with Crippen LogP contribution in [0.2, 0.25) is 5.02 Å². The van der Waals surface area contributed by atoms with Crippen LogP contribution < -0.4 is 5.73 Å². The molecule has 0 aliphatic rings. The molecule has 0 saturated carbocycles. The first kappa shape index (κ1) is 20.6. The molecule has 0 aliphatic carbocycles. The van der Waals surface area contributed by atoms with Crippen LogP contribution in [0.5, 0.6) is 0 Å². The van der Waals surface area contributed by atoms with Crippen LogP contribution in [-0.2, 0) is 9.53 Å². The summed E-state index contributed by atoms with van der Waals surface area (Å²) in [6.07, 6.45) is -0.559. The highest BCUT2D eigenvalue weighted by atomic mass is 35.5. The van der Waals surface area contributed by atoms with Crippen molar-refractivity contribution in [3.05, 3.63) is 88.4 Å². The lowest BCUT2D eigenvalue weighted by molar-refractivity contribution is -0.143. The van der Waals surface area contributed by atoms with Crippen LogP contribution in [0.1, 0.15) is 27.6 Å². The van der Waals surface area contributed by atoms with Crippen LogP contribution in [0.3, 0.4) is 0 Å². The number of primary amides is 1. The van der Waals surface area contributed by atoms with E-state index in [1.165, 1.54) is 0 Å². The first-order valence-corrected chi connectivity index (χ1v) is 9.77. The summed E-state index contributed by atoms with van der Waals surface area (Å²) in [7, 11) is 0. The number of hydrogen-bond donors (Lipinski definition) is 3. The fourth-order valence-electron chi connectivity index (χ4n) is 3.29. The van der Waals surface area contributed by atoms with Crippen molar-refractivity contribution in [1.29, 1.82) is 0 Å². The Bertz CT molecular complexity index is 1250. The number of carboxylic acids is 1. The van der Waals surface area contributed by atoms with Crippen LogP contribution in [-0.4, -0.2) is 33.6 Å². The largest absolute Gasteiger partial charge is 0.480 e. The number of aromatic amines is 1. The number of imidazole rings is 1. The van der Waals surface area contributed by atoms with Crippen molar-refractivity contribution in [3.63, 3.8) is 0 Å². The van der Waals surface area contributed by atoms with E-state index in [0.29, 0.717) is 27.4 Å². The van der Waals surface area contributed by atoms with Gasteiger partial charge in [-0.3, -0.25) is 4.79 Å². The zero-order valence-electron chi connectivity index (χ0n) is 16.2. The summed E-state index contributed by atoms with van der Waals surface area (Å²) in [4.78, 5) is 30.2. The van der Waals surface area contributed by atoms with Crippen molar-refractivity contribution in [2.75, 3.05) is 6.61 Å². The molecule has 1 amide bonds. The van der Waals surface area contributed by atoms with Gasteiger partial charge in [-0.2, -0.15) is 0 Å². The zero-order chi connectivity index (χ0) is 22.0. The number of amides is 1. The molecule has 4 aromatic rings. The topological polar surface area (TPSA) is 118 Å². The summed E-state index contributed by atoms with van der Waals surface area (Å²) in [5.74, 6) is -0.914. The lowest BCUT2D eigenvalue weighted by Crippen LogP contribution is -2.13. The number of hydrogen-bond acceptors (Lipinski definition) is 4. The Labute approximate surface area is 182 Å². The highest BCUT2D eigenvalue weighted by Crippen LogP contribution is 2.29. The molecule has 1 unspecified atom stereocenters. The molecular weight excluding hydrogens is 418 g/mol. The van der Waals surface area contributed by atoms with Crippen molar-refractivity contribution < 1.29 is 19.4 Å². The number of nitrogens with two attached hydrogens (primary N) is 1. The predicted molar refractivity (Wildman–Crippen MR) is 117 cm³/mol. The number of H-pyrrole nitrogens is 1. The van der Waals surface area contributed by atoms with Crippen LogP contribution in [0, 0.1) is 0 Å². The quantitative estimate of drug-likeness (QED) is 0.402. The molecule has 0 radical (unpaired) electrons. The van der Waals surface area contributed by atoms with Gasteiger partial charge >= 0.3 is 5.97 Å². The molecule has 1 aromatic heterocycles. The number of rotatable bonds is 7. The molecule has 1 atom stereocenters. The Balaban J connectivity index is 1.64. The normalized spacial score (nSPS) is 12.0. The average molecular weight is 436 g/mol. The predicted octanol–water partition coefficient (Wildman–Crippen LogP) is 4.17. The van der Waals surface area contributed by atoms with E-state index in [0.717, 1.165) is 16.7 Å². The van der Waals surface area contributed by atoms with E-state index in [1.54, 1.807) is 42.5 Å². The van der Waals surface area contributed by atoms with Crippen molar-refractivity contribution in [1.82, 2.24) is 9.97 Å². The molecule has 0 spiro atoms. The van der Waals surface area contributed by atoms with Gasteiger partial charge in [0.1, 0.15) is 18.5 Å². The molecule has 0 aliphatic heterocycles. The molecule has 1 heterocycles. The maximum absolute atomic E-state index is 11.4. The average Bonchev–Trinajstić information content (AvgIpc) is 3.18. The smallest absolute Gasteiger partial charge is 0.329 e. The first-order valence-electron chi connectivity index (χ1n) is 9.39. The molecule has 7 nitrogen and oxygen atoms in total. The van der Waals surface area contributed by atoms with Gasteiger partial charge in [0, 0.05) is 16.1 Å². The summed E-state index contributed by atoms with van der Waals surface area (Å²) in [5.41, 5.74) is 9.57. The second-order valence-electron chi connectivity index (χ2n) is 6.94. The number of ether oxygens (including phenoxy) is 1. The second-order valence-corrected chi connectivity index (χ2v) is 7.38.